The lowest BCUT2D eigenvalue weighted by Crippen LogP contribution is -2.36. The molecule has 0 bridgehead atoms. The lowest BCUT2D eigenvalue weighted by atomic mass is 9.92. The zero-order valence-electron chi connectivity index (χ0n) is 13.1. The van der Waals surface area contributed by atoms with E-state index in [1.165, 1.54) is 0 Å². The number of nitrogens with zero attached hydrogens (tertiary/aromatic N) is 1. The van der Waals surface area contributed by atoms with Gasteiger partial charge >= 0.3 is 5.69 Å². The van der Waals surface area contributed by atoms with Crippen LogP contribution in [0.3, 0.4) is 0 Å². The Bertz CT molecular complexity index is 513. The lowest BCUT2D eigenvalue weighted by Gasteiger charge is -2.29. The molecule has 2 rings (SSSR count). The van der Waals surface area contributed by atoms with Crippen molar-refractivity contribution in [3.8, 4) is 5.75 Å². The smallest absolute Gasteiger partial charge is 0.311 e. The highest BCUT2D eigenvalue weighted by Crippen LogP contribution is 2.31. The van der Waals surface area contributed by atoms with Crippen molar-refractivity contribution in [3.05, 3.63) is 33.9 Å². The molecule has 6 heteroatoms. The number of nitro benzene ring substituents is 1. The zero-order chi connectivity index (χ0) is 16.1. The van der Waals surface area contributed by atoms with Crippen molar-refractivity contribution in [1.82, 2.24) is 5.32 Å². The summed E-state index contributed by atoms with van der Waals surface area (Å²) in [4.78, 5) is 10.8. The minimum atomic E-state index is -0.405. The minimum absolute atomic E-state index is 0.00654. The Balaban J connectivity index is 2.07. The van der Waals surface area contributed by atoms with Crippen LogP contribution in [0.2, 0.25) is 0 Å². The van der Waals surface area contributed by atoms with Crippen LogP contribution in [-0.4, -0.2) is 28.8 Å². The predicted octanol–water partition coefficient (Wildman–Crippen LogP) is 2.95. The van der Waals surface area contributed by atoms with Gasteiger partial charge in [-0.3, -0.25) is 10.1 Å². The average Bonchev–Trinajstić information content (AvgIpc) is 2.50. The first-order chi connectivity index (χ1) is 10.5. The Morgan fingerprint density at radius 1 is 1.41 bits per heavy atom. The van der Waals surface area contributed by atoms with Crippen LogP contribution in [0.25, 0.3) is 0 Å². The summed E-state index contributed by atoms with van der Waals surface area (Å²) in [7, 11) is 0. The number of hydrogen-bond donors (Lipinski definition) is 2. The molecule has 1 aliphatic carbocycles. The molecular weight excluding hydrogens is 284 g/mol. The first-order valence-corrected chi connectivity index (χ1v) is 7.86. The minimum Gasteiger partial charge on any atom is -0.487 e. The largest absolute Gasteiger partial charge is 0.487 e. The third kappa shape index (κ3) is 4.18. The van der Waals surface area contributed by atoms with Gasteiger partial charge in [0.2, 0.25) is 0 Å². The molecular formula is C16H24N2O4. The van der Waals surface area contributed by atoms with Crippen LogP contribution in [0.1, 0.15) is 51.1 Å². The van der Waals surface area contributed by atoms with Gasteiger partial charge in [0.25, 0.3) is 0 Å². The van der Waals surface area contributed by atoms with Crippen molar-refractivity contribution < 1.29 is 14.8 Å². The van der Waals surface area contributed by atoms with E-state index in [9.17, 15) is 15.2 Å². The third-order valence-electron chi connectivity index (χ3n) is 4.16. The summed E-state index contributed by atoms with van der Waals surface area (Å²) in [5.74, 6) is 0.309. The molecule has 0 aliphatic heterocycles. The maximum atomic E-state index is 11.2. The first-order valence-electron chi connectivity index (χ1n) is 7.86. The number of aliphatic hydroxyl groups excluding tert-OH is 1. The zero-order valence-corrected chi connectivity index (χ0v) is 13.1. The van der Waals surface area contributed by atoms with Gasteiger partial charge in [0.05, 0.1) is 17.6 Å². The maximum Gasteiger partial charge on any atom is 0.311 e. The summed E-state index contributed by atoms with van der Waals surface area (Å²) < 4.78 is 5.30. The van der Waals surface area contributed by atoms with Crippen molar-refractivity contribution >= 4 is 5.69 Å². The van der Waals surface area contributed by atoms with E-state index in [2.05, 4.69) is 5.32 Å². The monoisotopic (exact) mass is 308 g/mol. The fourth-order valence-electron chi connectivity index (χ4n) is 2.92. The average molecular weight is 308 g/mol. The number of ether oxygens (including phenoxy) is 1. The molecule has 0 radical (unpaired) electrons. The Kier molecular flexibility index (Phi) is 5.74. The second-order valence-electron chi connectivity index (χ2n) is 5.81. The first kappa shape index (κ1) is 16.7. The molecule has 0 spiro atoms. The van der Waals surface area contributed by atoms with Gasteiger partial charge in [0.1, 0.15) is 0 Å². The second-order valence-corrected chi connectivity index (χ2v) is 5.81. The molecule has 1 aromatic rings. The molecule has 0 aromatic heterocycles. The Hall–Kier alpha value is -1.66. The topological polar surface area (TPSA) is 84.6 Å². The molecule has 0 saturated heterocycles. The molecule has 1 aliphatic rings. The number of aliphatic hydroxyl groups is 1. The van der Waals surface area contributed by atoms with Crippen LogP contribution >= 0.6 is 0 Å². The van der Waals surface area contributed by atoms with E-state index in [0.29, 0.717) is 18.4 Å². The summed E-state index contributed by atoms with van der Waals surface area (Å²) in [5.41, 5.74) is 0.883. The highest BCUT2D eigenvalue weighted by molar-refractivity contribution is 5.49. The molecule has 1 aromatic carbocycles. The molecule has 0 heterocycles. The van der Waals surface area contributed by atoms with E-state index >= 15 is 0 Å². The Morgan fingerprint density at radius 2 is 2.09 bits per heavy atom. The van der Waals surface area contributed by atoms with Gasteiger partial charge in [-0.05, 0) is 51.2 Å². The van der Waals surface area contributed by atoms with Gasteiger partial charge in [-0.15, -0.1) is 0 Å². The number of benzene rings is 1. The molecule has 1 saturated carbocycles. The van der Waals surface area contributed by atoms with Crippen LogP contribution in [0.15, 0.2) is 18.2 Å². The molecule has 22 heavy (non-hydrogen) atoms. The molecule has 6 nitrogen and oxygen atoms in total. The third-order valence-corrected chi connectivity index (χ3v) is 4.16. The molecule has 0 amide bonds. The summed E-state index contributed by atoms with van der Waals surface area (Å²) in [6.45, 7) is 4.21. The molecule has 1 atom stereocenters. The van der Waals surface area contributed by atoms with Crippen molar-refractivity contribution in [3.63, 3.8) is 0 Å². The van der Waals surface area contributed by atoms with E-state index in [1.54, 1.807) is 19.1 Å². The Morgan fingerprint density at radius 3 is 2.68 bits per heavy atom. The van der Waals surface area contributed by atoms with Gasteiger partial charge in [0.15, 0.2) is 5.75 Å². The number of hydrogen-bond acceptors (Lipinski definition) is 5. The van der Waals surface area contributed by atoms with E-state index in [1.807, 2.05) is 13.0 Å². The van der Waals surface area contributed by atoms with E-state index in [0.717, 1.165) is 31.2 Å². The van der Waals surface area contributed by atoms with Crippen LogP contribution < -0.4 is 10.1 Å². The summed E-state index contributed by atoms with van der Waals surface area (Å²) in [5, 5.41) is 24.2. The molecule has 1 fully saturated rings. The van der Waals surface area contributed by atoms with Gasteiger partial charge in [-0.2, -0.15) is 0 Å². The SMILES string of the molecule is CCOc1ccc(C(C)NC2CCC(O)CC2)cc1[N+](=O)[O-]. The van der Waals surface area contributed by atoms with Gasteiger partial charge in [0, 0.05) is 18.2 Å². The molecule has 1 unspecified atom stereocenters. The van der Waals surface area contributed by atoms with Gasteiger partial charge in [-0.1, -0.05) is 6.07 Å². The fourth-order valence-corrected chi connectivity index (χ4v) is 2.92. The van der Waals surface area contributed by atoms with Crippen LogP contribution in [0, 0.1) is 10.1 Å². The van der Waals surface area contributed by atoms with Gasteiger partial charge < -0.3 is 15.2 Å². The Labute approximate surface area is 130 Å². The predicted molar refractivity (Wildman–Crippen MR) is 84.1 cm³/mol. The summed E-state index contributed by atoms with van der Waals surface area (Å²) >= 11 is 0. The van der Waals surface area contributed by atoms with E-state index in [4.69, 9.17) is 4.74 Å². The van der Waals surface area contributed by atoms with Crippen molar-refractivity contribution in [2.24, 2.45) is 0 Å². The number of nitrogens with one attached hydrogen (secondary N) is 1. The quantitative estimate of drug-likeness (QED) is 0.623. The highest BCUT2D eigenvalue weighted by Gasteiger charge is 2.23. The standard InChI is InChI=1S/C16H24N2O4/c1-3-22-16-9-4-12(10-15(16)18(20)21)11(2)17-13-5-7-14(19)8-6-13/h4,9-11,13-14,17,19H,3,5-8H2,1-2H3. The number of rotatable bonds is 6. The maximum absolute atomic E-state index is 11.2. The lowest BCUT2D eigenvalue weighted by molar-refractivity contribution is -0.385. The number of nitro groups is 1. The van der Waals surface area contributed by atoms with E-state index in [-0.39, 0.29) is 17.8 Å². The van der Waals surface area contributed by atoms with Crippen LogP contribution in [-0.2, 0) is 0 Å². The summed E-state index contributed by atoms with van der Waals surface area (Å²) in [6, 6.07) is 5.49. The van der Waals surface area contributed by atoms with Crippen molar-refractivity contribution in [2.45, 2.75) is 57.7 Å². The fraction of sp³-hybridized carbons (Fsp3) is 0.625. The molecule has 122 valence electrons. The van der Waals surface area contributed by atoms with Gasteiger partial charge in [-0.25, -0.2) is 0 Å². The van der Waals surface area contributed by atoms with Crippen molar-refractivity contribution in [1.29, 1.82) is 0 Å². The van der Waals surface area contributed by atoms with Crippen LogP contribution in [0.5, 0.6) is 5.75 Å². The van der Waals surface area contributed by atoms with Crippen LogP contribution in [0.4, 0.5) is 5.69 Å². The van der Waals surface area contributed by atoms with E-state index < -0.39 is 4.92 Å². The second kappa shape index (κ2) is 7.56. The summed E-state index contributed by atoms with van der Waals surface area (Å²) in [6.07, 6.45) is 3.32. The normalized spacial score (nSPS) is 23.0. The van der Waals surface area contributed by atoms with Crippen molar-refractivity contribution in [2.75, 3.05) is 6.61 Å². The highest BCUT2D eigenvalue weighted by atomic mass is 16.6. The molecule has 2 N–H and O–H groups in total.